The zero-order valence-electron chi connectivity index (χ0n) is 36.3. The number of carbonyl (C=O) groups excluding carboxylic acids is 2. The zero-order chi connectivity index (χ0) is 41.8. The van der Waals surface area contributed by atoms with E-state index < -0.39 is 76.5 Å². The minimum Gasteiger partial charge on any atom is -0.747 e. The number of allylic oxidation sites excluding steroid dienone is 2. The number of hydrogen-bond donors (Lipinski definition) is 4. The van der Waals surface area contributed by atoms with Gasteiger partial charge in [0.2, 0.25) is 0 Å². The van der Waals surface area contributed by atoms with Crippen molar-refractivity contribution in [2.24, 2.45) is 45.3 Å². The summed E-state index contributed by atoms with van der Waals surface area (Å²) < 4.78 is 81.8. The molecule has 61 heavy (non-hydrogen) atoms. The van der Waals surface area contributed by atoms with Crippen LogP contribution in [0, 0.1) is 45.3 Å². The maximum atomic E-state index is 12.0. The number of aliphatic hydroxyl groups excluding tert-OH is 4. The second kappa shape index (κ2) is 22.3. The summed E-state index contributed by atoms with van der Waals surface area (Å²) in [5, 5.41) is 38.2. The van der Waals surface area contributed by atoms with E-state index in [9.17, 15) is 56.0 Å². The van der Waals surface area contributed by atoms with Crippen molar-refractivity contribution < 1.29 is 141 Å². The van der Waals surface area contributed by atoms with Gasteiger partial charge in [-0.1, -0.05) is 52.0 Å². The summed E-state index contributed by atoms with van der Waals surface area (Å²) in [4.78, 5) is 23.9. The Balaban J connectivity index is 0.00000109. The number of hydrogen-bond acceptors (Lipinski definition) is 14. The van der Waals surface area contributed by atoms with Crippen molar-refractivity contribution in [3.05, 3.63) is 47.6 Å². The molecule has 2 heterocycles. The first-order chi connectivity index (χ1) is 25.9. The Bertz CT molecular complexity index is 1760. The minimum atomic E-state index is -4.77. The molecule has 10 N–H and O–H groups in total. The predicted molar refractivity (Wildman–Crippen MR) is 213 cm³/mol. The van der Waals surface area contributed by atoms with Crippen molar-refractivity contribution in [3.8, 4) is 0 Å². The maximum absolute atomic E-state index is 12.0. The van der Waals surface area contributed by atoms with E-state index in [1.165, 1.54) is 12.2 Å². The predicted octanol–water partition coefficient (Wildman–Crippen LogP) is -5.44. The molecule has 0 aromatic heterocycles. The van der Waals surface area contributed by atoms with Gasteiger partial charge in [-0.05, 0) is 111 Å². The van der Waals surface area contributed by atoms with Crippen molar-refractivity contribution in [2.75, 3.05) is 26.4 Å². The molecule has 12 atom stereocenters. The van der Waals surface area contributed by atoms with E-state index >= 15 is 0 Å². The average Bonchev–Trinajstić information content (AvgIpc) is 3.74. The van der Waals surface area contributed by atoms with Crippen LogP contribution in [0.25, 0.3) is 0 Å². The van der Waals surface area contributed by atoms with Crippen LogP contribution in [-0.4, -0.2) is 124 Å². The second-order valence-corrected chi connectivity index (χ2v) is 21.1. The Labute approximate surface area is 403 Å². The molecule has 0 spiro atoms. The van der Waals surface area contributed by atoms with Gasteiger partial charge in [0.25, 0.3) is 0 Å². The molecular weight excluding hydrogens is 863 g/mol. The summed E-state index contributed by atoms with van der Waals surface area (Å²) in [7, 11) is -9.55. The van der Waals surface area contributed by atoms with Gasteiger partial charge in [0.15, 0.2) is 0 Å². The van der Waals surface area contributed by atoms with Crippen LogP contribution in [-0.2, 0) is 39.3 Å². The molecule has 0 radical (unpaired) electrons. The van der Waals surface area contributed by atoms with Crippen LogP contribution in [0.15, 0.2) is 47.6 Å². The second-order valence-electron chi connectivity index (χ2n) is 18.0. The Morgan fingerprint density at radius 3 is 1.23 bits per heavy atom. The molecule has 4 saturated carbocycles. The first-order valence-corrected chi connectivity index (χ1v) is 22.4. The molecule has 4 fully saturated rings. The largest absolute Gasteiger partial charge is 1.00 e. The minimum absolute atomic E-state index is 0. The summed E-state index contributed by atoms with van der Waals surface area (Å²) in [6.07, 6.45) is 6.34. The van der Waals surface area contributed by atoms with E-state index in [1.54, 1.807) is 0 Å². The molecule has 2 aliphatic heterocycles. The van der Waals surface area contributed by atoms with E-state index in [4.69, 9.17) is 9.47 Å². The standard InChI is InChI=1S/2C20H30O7S.2Na.3H2O/c2*1-12-4-5-16-19(2,8-6-17(22)20(16,3)11-21)14(12)10-15(28(24,25)26)13-7-9-27-18(13)23;;;;;/h2*7,14-17,21-22H,1,4-6,8-11H2,2-3H3,(H,24,25,26);;;3*1H2/q;;2*+1;;;/p-2. The number of carbonyl (C=O) groups is 2. The Morgan fingerprint density at radius 2 is 0.984 bits per heavy atom. The SMILES string of the molecule is C=C1CCC2C(C)(CO)C(O)CCC2(C)C1CC(C1=CCOC1=O)S(=O)(=O)[O-].C=C1CCC2C(C)(CO)C(O)CCC2(C)C1CC(C1=CCOC1=O)S(=O)(=O)[O-].O.O.O.[Na+].[Na+]. The van der Waals surface area contributed by atoms with E-state index in [0.717, 1.165) is 24.0 Å². The summed E-state index contributed by atoms with van der Waals surface area (Å²) in [5.74, 6) is -2.24. The molecule has 6 aliphatic rings. The van der Waals surface area contributed by atoms with Crippen molar-refractivity contribution >= 4 is 32.2 Å². The first-order valence-electron chi connectivity index (χ1n) is 19.5. The number of aliphatic hydroxyl groups is 4. The van der Waals surface area contributed by atoms with E-state index in [0.29, 0.717) is 38.5 Å². The van der Waals surface area contributed by atoms with Gasteiger partial charge >= 0.3 is 71.1 Å². The van der Waals surface area contributed by atoms with Gasteiger partial charge < -0.3 is 55.4 Å². The molecule has 6 rings (SSSR count). The van der Waals surface area contributed by atoms with Crippen LogP contribution in [0.4, 0.5) is 0 Å². The van der Waals surface area contributed by atoms with Crippen molar-refractivity contribution in [2.45, 2.75) is 115 Å². The number of ether oxygens (including phenoxy) is 2. The molecule has 0 aromatic carbocycles. The Morgan fingerprint density at radius 1 is 0.672 bits per heavy atom. The fraction of sp³-hybridized carbons (Fsp3) is 0.750. The summed E-state index contributed by atoms with van der Waals surface area (Å²) in [6.45, 7) is 15.7. The van der Waals surface area contributed by atoms with Crippen LogP contribution in [0.3, 0.4) is 0 Å². The molecule has 12 unspecified atom stereocenters. The van der Waals surface area contributed by atoms with Crippen LogP contribution in [0.2, 0.25) is 0 Å². The van der Waals surface area contributed by atoms with Crippen molar-refractivity contribution in [1.82, 2.24) is 0 Å². The van der Waals surface area contributed by atoms with Gasteiger partial charge in [0, 0.05) is 10.8 Å². The fourth-order valence-electron chi connectivity index (χ4n) is 11.8. The molecule has 0 aromatic rings. The summed E-state index contributed by atoms with van der Waals surface area (Å²) in [6, 6.07) is 0. The van der Waals surface area contributed by atoms with Crippen LogP contribution >= 0.6 is 0 Å². The molecular formula is C40H64Na2O17S2. The normalized spacial score (nSPS) is 36.6. The van der Waals surface area contributed by atoms with Crippen LogP contribution < -0.4 is 59.1 Å². The van der Waals surface area contributed by atoms with Crippen molar-refractivity contribution in [1.29, 1.82) is 0 Å². The van der Waals surface area contributed by atoms with Gasteiger partial charge in [-0.15, -0.1) is 0 Å². The molecule has 0 bridgehead atoms. The molecule has 340 valence electrons. The maximum Gasteiger partial charge on any atom is 1.00 e. The monoisotopic (exact) mass is 926 g/mol. The van der Waals surface area contributed by atoms with Crippen LogP contribution in [0.5, 0.6) is 0 Å². The zero-order valence-corrected chi connectivity index (χ0v) is 41.9. The topological polar surface area (TPSA) is 342 Å². The van der Waals surface area contributed by atoms with Crippen LogP contribution in [0.1, 0.15) is 91.9 Å². The quantitative estimate of drug-likeness (QED) is 0.0688. The molecule has 21 heteroatoms. The Kier molecular flexibility index (Phi) is 22.1. The number of cyclic esters (lactones) is 2. The fourth-order valence-corrected chi connectivity index (χ4v) is 13.6. The van der Waals surface area contributed by atoms with Gasteiger partial charge in [0.1, 0.15) is 33.5 Å². The molecule has 0 saturated heterocycles. The third kappa shape index (κ3) is 11.4. The Hall–Kier alpha value is -0.560. The number of rotatable bonds is 10. The van der Waals surface area contributed by atoms with Gasteiger partial charge in [-0.2, -0.15) is 0 Å². The third-order valence-corrected chi connectivity index (χ3v) is 17.5. The number of esters is 2. The van der Waals surface area contributed by atoms with Gasteiger partial charge in [0.05, 0.1) is 47.1 Å². The van der Waals surface area contributed by atoms with E-state index in [-0.39, 0.29) is 150 Å². The van der Waals surface area contributed by atoms with E-state index in [1.807, 2.05) is 27.7 Å². The average molecular weight is 927 g/mol. The molecule has 17 nitrogen and oxygen atoms in total. The summed E-state index contributed by atoms with van der Waals surface area (Å²) in [5.41, 5.74) is -0.737. The van der Waals surface area contributed by atoms with Gasteiger partial charge in [-0.3, -0.25) is 0 Å². The molecule has 0 amide bonds. The third-order valence-electron chi connectivity index (χ3n) is 15.2. The first kappa shape index (κ1) is 60.4. The van der Waals surface area contributed by atoms with E-state index in [2.05, 4.69) is 13.2 Å². The smallest absolute Gasteiger partial charge is 0.747 e. The van der Waals surface area contributed by atoms with Gasteiger partial charge in [-0.25, -0.2) is 26.4 Å². The van der Waals surface area contributed by atoms with Crippen molar-refractivity contribution in [3.63, 3.8) is 0 Å². The molecule has 4 aliphatic carbocycles. The number of fused-ring (bicyclic) bond motifs is 2. The summed E-state index contributed by atoms with van der Waals surface area (Å²) >= 11 is 0.